The summed E-state index contributed by atoms with van der Waals surface area (Å²) in [7, 11) is 0. The van der Waals surface area contributed by atoms with E-state index >= 15 is 4.39 Å². The quantitative estimate of drug-likeness (QED) is 0.406. The smallest absolute Gasteiger partial charge is 0.320 e. The first-order valence-electron chi connectivity index (χ1n) is 15.9. The number of phenolic OH excluding ortho intramolecular Hbond substituents is 1. The maximum absolute atomic E-state index is 15.0. The molecule has 0 radical (unpaired) electrons. The number of halogens is 2. The number of rotatable bonds is 6. The lowest BCUT2D eigenvalue weighted by molar-refractivity contribution is -0.0991. The normalized spacial score (nSPS) is 27.0. The van der Waals surface area contributed by atoms with Gasteiger partial charge in [0.25, 0.3) is 5.91 Å². The van der Waals surface area contributed by atoms with Gasteiger partial charge in [-0.25, -0.2) is 8.78 Å². The molecule has 44 heavy (non-hydrogen) atoms. The number of aliphatic hydroxyl groups is 1. The Kier molecular flexibility index (Phi) is 7.78. The molecule has 4 aliphatic heterocycles. The topological polar surface area (TPSA) is 102 Å². The molecule has 5 heterocycles. The Bertz CT molecular complexity index is 1570. The van der Waals surface area contributed by atoms with Crippen molar-refractivity contribution in [1.29, 1.82) is 0 Å². The number of ether oxygens (including phenoxy) is 1. The fourth-order valence-corrected chi connectivity index (χ4v) is 7.73. The second-order valence-electron chi connectivity index (χ2n) is 12.7. The number of anilines is 2. The highest BCUT2D eigenvalue weighted by Gasteiger charge is 2.42. The molecule has 5 atom stereocenters. The maximum Gasteiger partial charge on any atom is 0.320 e. The van der Waals surface area contributed by atoms with Gasteiger partial charge in [0, 0.05) is 50.2 Å². The molecule has 2 unspecified atom stereocenters. The molecule has 0 saturated carbocycles. The highest BCUT2D eigenvalue weighted by Crippen LogP contribution is 2.42. The Labute approximate surface area is 255 Å². The number of phenols is 1. The van der Waals surface area contributed by atoms with Crippen molar-refractivity contribution in [2.75, 3.05) is 42.6 Å². The third-order valence-corrected chi connectivity index (χ3v) is 9.82. The number of fused-ring (bicyclic) bond motifs is 4. The second kappa shape index (κ2) is 11.7. The average Bonchev–Trinajstić information content (AvgIpc) is 3.16. The SMILES string of the molecule is CCc1c(F)ccc2cc(O)cc(N3Cc4nc(OC5[C@@H]6CCCN5C[C@H](F)C6)nc(N5CCCC[C@@H](CO)C5)c4C3=O)c12. The molecule has 3 saturated heterocycles. The van der Waals surface area contributed by atoms with Gasteiger partial charge in [-0.1, -0.05) is 19.4 Å². The van der Waals surface area contributed by atoms with Gasteiger partial charge in [0.2, 0.25) is 0 Å². The lowest BCUT2D eigenvalue weighted by atomic mass is 9.86. The van der Waals surface area contributed by atoms with Crippen LogP contribution in [0.3, 0.4) is 0 Å². The molecular formula is C33H39F2N5O4. The maximum atomic E-state index is 15.0. The van der Waals surface area contributed by atoms with Crippen molar-refractivity contribution < 1.29 is 28.5 Å². The highest BCUT2D eigenvalue weighted by molar-refractivity contribution is 6.16. The van der Waals surface area contributed by atoms with E-state index in [1.807, 2.05) is 11.8 Å². The monoisotopic (exact) mass is 607 g/mol. The van der Waals surface area contributed by atoms with Crippen LogP contribution in [0, 0.1) is 17.7 Å². The van der Waals surface area contributed by atoms with Gasteiger partial charge in [-0.2, -0.15) is 9.97 Å². The van der Waals surface area contributed by atoms with Crippen LogP contribution >= 0.6 is 0 Å². The number of carbonyl (C=O) groups is 1. The number of hydrogen-bond acceptors (Lipinski definition) is 8. The van der Waals surface area contributed by atoms with Crippen molar-refractivity contribution in [1.82, 2.24) is 14.9 Å². The Morgan fingerprint density at radius 2 is 1.95 bits per heavy atom. The number of aromatic hydroxyl groups is 1. The third kappa shape index (κ3) is 5.13. The molecule has 2 N–H and O–H groups in total. The zero-order chi connectivity index (χ0) is 30.5. The molecule has 11 heteroatoms. The van der Waals surface area contributed by atoms with Crippen LogP contribution in [0.5, 0.6) is 11.8 Å². The molecule has 1 aromatic heterocycles. The first-order chi connectivity index (χ1) is 21.3. The van der Waals surface area contributed by atoms with Gasteiger partial charge >= 0.3 is 6.01 Å². The number of hydrogen-bond donors (Lipinski definition) is 2. The van der Waals surface area contributed by atoms with Gasteiger partial charge in [0.1, 0.15) is 29.1 Å². The number of benzene rings is 2. The predicted molar refractivity (Wildman–Crippen MR) is 162 cm³/mol. The fraction of sp³-hybridized carbons (Fsp3) is 0.545. The summed E-state index contributed by atoms with van der Waals surface area (Å²) in [6, 6.07) is 6.23. The number of aromatic nitrogens is 2. The fourth-order valence-electron chi connectivity index (χ4n) is 7.73. The Morgan fingerprint density at radius 3 is 2.75 bits per heavy atom. The van der Waals surface area contributed by atoms with E-state index < -0.39 is 6.17 Å². The predicted octanol–water partition coefficient (Wildman–Crippen LogP) is 4.95. The van der Waals surface area contributed by atoms with Gasteiger partial charge in [0.05, 0.1) is 17.9 Å². The van der Waals surface area contributed by atoms with E-state index in [0.29, 0.717) is 71.6 Å². The second-order valence-corrected chi connectivity index (χ2v) is 12.7. The number of aliphatic hydroxyl groups excluding tert-OH is 1. The van der Waals surface area contributed by atoms with E-state index in [9.17, 15) is 19.4 Å². The average molecular weight is 608 g/mol. The Balaban J connectivity index is 1.32. The van der Waals surface area contributed by atoms with Gasteiger partial charge in [-0.05, 0) is 67.5 Å². The van der Waals surface area contributed by atoms with Gasteiger partial charge in [0.15, 0.2) is 6.23 Å². The van der Waals surface area contributed by atoms with Crippen molar-refractivity contribution >= 4 is 28.2 Å². The summed E-state index contributed by atoms with van der Waals surface area (Å²) >= 11 is 0. The van der Waals surface area contributed by atoms with Crippen LogP contribution in [0.15, 0.2) is 24.3 Å². The molecular weight excluding hydrogens is 568 g/mol. The van der Waals surface area contributed by atoms with E-state index in [-0.39, 0.29) is 54.7 Å². The number of piperidine rings is 2. The van der Waals surface area contributed by atoms with Gasteiger partial charge in [-0.3, -0.25) is 9.69 Å². The number of nitrogens with zero attached hydrogens (tertiary/aromatic N) is 5. The molecule has 2 bridgehead atoms. The molecule has 2 aromatic carbocycles. The summed E-state index contributed by atoms with van der Waals surface area (Å²) in [6.07, 6.45) is 4.22. The minimum absolute atomic E-state index is 0.0254. The molecule has 9 nitrogen and oxygen atoms in total. The number of alkyl halides is 1. The van der Waals surface area contributed by atoms with Crippen molar-refractivity contribution in [3.63, 3.8) is 0 Å². The van der Waals surface area contributed by atoms with Gasteiger partial charge < -0.3 is 24.7 Å². The molecule has 3 fully saturated rings. The van der Waals surface area contributed by atoms with Crippen molar-refractivity contribution in [2.24, 2.45) is 11.8 Å². The standard InChI is InChI=1S/C33H39F2N5O4/c1-2-24-25(35)9-8-20-13-23(42)14-27(28(20)24)40-17-26-29(31(40)43)30(38-10-4-3-6-19(15-38)18-41)37-33(36-26)44-32-21-7-5-11-39(32)16-22(34)12-21/h8-9,13-14,19,21-22,32,41-42H,2-7,10-12,15-18H2,1H3/t19-,21-,22-,32?/m1/s1. The Hall–Kier alpha value is -3.57. The van der Waals surface area contributed by atoms with Crippen molar-refractivity contribution in [3.8, 4) is 11.8 Å². The van der Waals surface area contributed by atoms with E-state index in [1.54, 1.807) is 17.0 Å². The minimum atomic E-state index is -0.884. The molecule has 1 amide bonds. The van der Waals surface area contributed by atoms with Crippen LogP contribution in [0.1, 0.15) is 67.1 Å². The van der Waals surface area contributed by atoms with Crippen molar-refractivity contribution in [2.45, 2.75) is 70.8 Å². The summed E-state index contributed by atoms with van der Waals surface area (Å²) in [5.41, 5.74) is 1.73. The summed E-state index contributed by atoms with van der Waals surface area (Å²) in [5, 5.41) is 21.9. The summed E-state index contributed by atoms with van der Waals surface area (Å²) < 4.78 is 35.9. The molecule has 7 rings (SSSR count). The zero-order valence-electron chi connectivity index (χ0n) is 25.0. The summed E-state index contributed by atoms with van der Waals surface area (Å²) in [6.45, 7) is 4.26. The van der Waals surface area contributed by atoms with E-state index in [0.717, 1.165) is 38.6 Å². The van der Waals surface area contributed by atoms with E-state index in [1.165, 1.54) is 12.1 Å². The highest BCUT2D eigenvalue weighted by atomic mass is 19.1. The zero-order valence-corrected chi connectivity index (χ0v) is 25.0. The lowest BCUT2D eigenvalue weighted by Gasteiger charge is -2.45. The number of aryl methyl sites for hydroxylation is 1. The van der Waals surface area contributed by atoms with Crippen molar-refractivity contribution in [3.05, 3.63) is 46.9 Å². The van der Waals surface area contributed by atoms with Crippen LogP contribution in [0.25, 0.3) is 10.8 Å². The van der Waals surface area contributed by atoms with Crippen LogP contribution in [0.2, 0.25) is 0 Å². The lowest BCUT2D eigenvalue weighted by Crippen LogP contribution is -2.55. The number of amides is 1. The van der Waals surface area contributed by atoms with E-state index in [4.69, 9.17) is 14.7 Å². The molecule has 0 aliphatic carbocycles. The molecule has 4 aliphatic rings. The molecule has 0 spiro atoms. The van der Waals surface area contributed by atoms with Gasteiger partial charge in [-0.15, -0.1) is 0 Å². The van der Waals surface area contributed by atoms with Crippen LogP contribution in [-0.2, 0) is 13.0 Å². The summed E-state index contributed by atoms with van der Waals surface area (Å²) in [4.78, 5) is 29.6. The molecule has 3 aromatic rings. The number of carbonyl (C=O) groups excluding carboxylic acids is 1. The summed E-state index contributed by atoms with van der Waals surface area (Å²) in [5.74, 6) is -0.191. The van der Waals surface area contributed by atoms with Crippen LogP contribution < -0.4 is 14.5 Å². The van der Waals surface area contributed by atoms with Crippen LogP contribution in [0.4, 0.5) is 20.3 Å². The van der Waals surface area contributed by atoms with Crippen LogP contribution in [-0.4, -0.2) is 76.2 Å². The first kappa shape index (κ1) is 29.2. The van der Waals surface area contributed by atoms with E-state index in [2.05, 4.69) is 4.90 Å². The third-order valence-electron chi connectivity index (χ3n) is 9.82. The largest absolute Gasteiger partial charge is 0.508 e. The minimum Gasteiger partial charge on any atom is -0.508 e. The Morgan fingerprint density at radius 1 is 1.09 bits per heavy atom. The molecule has 234 valence electrons. The first-order valence-corrected chi connectivity index (χ1v) is 15.9.